The van der Waals surface area contributed by atoms with E-state index < -0.39 is 0 Å². The first-order valence-electron chi connectivity index (χ1n) is 8.42. The highest BCUT2D eigenvalue weighted by Crippen LogP contribution is 2.14. The Morgan fingerprint density at radius 2 is 2.35 bits per heavy atom. The van der Waals surface area contributed by atoms with E-state index in [4.69, 9.17) is 0 Å². The molecule has 1 saturated heterocycles. The minimum Gasteiger partial charge on any atom is -0.316 e. The van der Waals surface area contributed by atoms with Crippen LogP contribution in [0.5, 0.6) is 0 Å². The number of nitrogens with zero attached hydrogens (tertiary/aromatic N) is 6. The molecule has 3 heterocycles. The molecule has 0 amide bonds. The minimum absolute atomic E-state index is 0.696. The number of aryl methyl sites for hydroxylation is 1. The lowest BCUT2D eigenvalue weighted by Crippen LogP contribution is -2.31. The number of rotatable bonds is 8. The molecule has 1 aliphatic heterocycles. The Kier molecular flexibility index (Phi) is 5.65. The van der Waals surface area contributed by atoms with E-state index in [1.54, 1.807) is 0 Å². The summed E-state index contributed by atoms with van der Waals surface area (Å²) in [4.78, 5) is 6.67. The van der Waals surface area contributed by atoms with Crippen molar-refractivity contribution in [2.45, 2.75) is 39.4 Å². The fourth-order valence-corrected chi connectivity index (χ4v) is 3.09. The van der Waals surface area contributed by atoms with Crippen molar-refractivity contribution < 1.29 is 0 Å². The highest BCUT2D eigenvalue weighted by molar-refractivity contribution is 5.08. The standard InChI is InChI=1S/C16H25N7/c1-2-8-23-16(19-20-21-23)13-22(12-15-5-7-18-10-15)11-14-4-3-6-17-9-14/h3-4,6,9,15,18H,2,5,7-8,10-13H2,1H3. The third-order valence-corrected chi connectivity index (χ3v) is 4.21. The van der Waals surface area contributed by atoms with Gasteiger partial charge in [0, 0.05) is 32.0 Å². The van der Waals surface area contributed by atoms with Crippen LogP contribution >= 0.6 is 0 Å². The van der Waals surface area contributed by atoms with Crippen molar-refractivity contribution in [3.05, 3.63) is 35.9 Å². The summed E-state index contributed by atoms with van der Waals surface area (Å²) in [5, 5.41) is 15.6. The molecule has 1 N–H and O–H groups in total. The van der Waals surface area contributed by atoms with Gasteiger partial charge in [0.25, 0.3) is 0 Å². The van der Waals surface area contributed by atoms with E-state index >= 15 is 0 Å². The van der Waals surface area contributed by atoms with Gasteiger partial charge in [0.2, 0.25) is 0 Å². The minimum atomic E-state index is 0.696. The van der Waals surface area contributed by atoms with E-state index in [0.717, 1.165) is 51.5 Å². The van der Waals surface area contributed by atoms with Gasteiger partial charge in [-0.1, -0.05) is 13.0 Å². The highest BCUT2D eigenvalue weighted by atomic mass is 15.5. The van der Waals surface area contributed by atoms with Crippen LogP contribution in [0.3, 0.4) is 0 Å². The third-order valence-electron chi connectivity index (χ3n) is 4.21. The van der Waals surface area contributed by atoms with Crippen molar-refractivity contribution in [3.63, 3.8) is 0 Å². The Hall–Kier alpha value is -1.86. The topological polar surface area (TPSA) is 71.8 Å². The maximum Gasteiger partial charge on any atom is 0.165 e. The zero-order valence-electron chi connectivity index (χ0n) is 13.7. The SMILES string of the molecule is CCCn1nnnc1CN(Cc1cccnc1)CC1CCNC1. The molecule has 0 bridgehead atoms. The maximum absolute atomic E-state index is 4.23. The van der Waals surface area contributed by atoms with Gasteiger partial charge in [-0.15, -0.1) is 5.10 Å². The summed E-state index contributed by atoms with van der Waals surface area (Å²) >= 11 is 0. The second-order valence-corrected chi connectivity index (χ2v) is 6.21. The van der Waals surface area contributed by atoms with Crippen molar-refractivity contribution in [1.82, 2.24) is 35.4 Å². The molecule has 1 fully saturated rings. The molecular weight excluding hydrogens is 290 g/mol. The van der Waals surface area contributed by atoms with Gasteiger partial charge in [0.1, 0.15) is 0 Å². The van der Waals surface area contributed by atoms with Crippen molar-refractivity contribution >= 4 is 0 Å². The fourth-order valence-electron chi connectivity index (χ4n) is 3.09. The molecule has 124 valence electrons. The summed E-state index contributed by atoms with van der Waals surface area (Å²) < 4.78 is 1.92. The van der Waals surface area contributed by atoms with Gasteiger partial charge in [-0.05, 0) is 53.9 Å². The monoisotopic (exact) mass is 315 g/mol. The first kappa shape index (κ1) is 16.0. The number of hydrogen-bond donors (Lipinski definition) is 1. The van der Waals surface area contributed by atoms with Gasteiger partial charge in [-0.25, -0.2) is 4.68 Å². The van der Waals surface area contributed by atoms with Crippen molar-refractivity contribution in [2.24, 2.45) is 5.92 Å². The molecule has 7 nitrogen and oxygen atoms in total. The van der Waals surface area contributed by atoms with Gasteiger partial charge in [0.05, 0.1) is 6.54 Å². The second-order valence-electron chi connectivity index (χ2n) is 6.21. The van der Waals surface area contributed by atoms with E-state index in [2.05, 4.69) is 43.7 Å². The quantitative estimate of drug-likeness (QED) is 0.786. The van der Waals surface area contributed by atoms with E-state index in [0.29, 0.717) is 5.92 Å². The number of hydrogen-bond acceptors (Lipinski definition) is 6. The van der Waals surface area contributed by atoms with E-state index in [-0.39, 0.29) is 0 Å². The highest BCUT2D eigenvalue weighted by Gasteiger charge is 2.20. The molecule has 1 atom stereocenters. The predicted octanol–water partition coefficient (Wildman–Crippen LogP) is 1.09. The Balaban J connectivity index is 1.69. The lowest BCUT2D eigenvalue weighted by Gasteiger charge is -2.24. The molecule has 1 unspecified atom stereocenters. The molecule has 0 radical (unpaired) electrons. The molecule has 3 rings (SSSR count). The Morgan fingerprint density at radius 3 is 3.09 bits per heavy atom. The molecule has 2 aromatic heterocycles. The van der Waals surface area contributed by atoms with Crippen LogP contribution in [0.1, 0.15) is 31.2 Å². The molecule has 0 saturated carbocycles. The smallest absolute Gasteiger partial charge is 0.165 e. The molecule has 2 aromatic rings. The fraction of sp³-hybridized carbons (Fsp3) is 0.625. The largest absolute Gasteiger partial charge is 0.316 e. The zero-order chi connectivity index (χ0) is 15.9. The molecule has 0 aliphatic carbocycles. The number of tetrazole rings is 1. The summed E-state index contributed by atoms with van der Waals surface area (Å²) in [5.41, 5.74) is 1.23. The summed E-state index contributed by atoms with van der Waals surface area (Å²) in [6.07, 6.45) is 6.03. The van der Waals surface area contributed by atoms with Crippen LogP contribution < -0.4 is 5.32 Å². The van der Waals surface area contributed by atoms with Gasteiger partial charge < -0.3 is 5.32 Å². The summed E-state index contributed by atoms with van der Waals surface area (Å²) in [7, 11) is 0. The third kappa shape index (κ3) is 4.56. The lowest BCUT2D eigenvalue weighted by molar-refractivity contribution is 0.211. The molecule has 0 spiro atoms. The van der Waals surface area contributed by atoms with E-state index in [1.807, 2.05) is 23.1 Å². The first-order valence-corrected chi connectivity index (χ1v) is 8.42. The Bertz CT molecular complexity index is 577. The maximum atomic E-state index is 4.23. The van der Waals surface area contributed by atoms with Crippen molar-refractivity contribution in [1.29, 1.82) is 0 Å². The Morgan fingerprint density at radius 1 is 1.39 bits per heavy atom. The van der Waals surface area contributed by atoms with Gasteiger partial charge in [-0.3, -0.25) is 9.88 Å². The van der Waals surface area contributed by atoms with Crippen LogP contribution in [-0.4, -0.2) is 49.7 Å². The average molecular weight is 315 g/mol. The normalized spacial score (nSPS) is 17.9. The van der Waals surface area contributed by atoms with E-state index in [9.17, 15) is 0 Å². The molecular formula is C16H25N7. The first-order chi connectivity index (χ1) is 11.3. The number of nitrogens with one attached hydrogen (secondary N) is 1. The van der Waals surface area contributed by atoms with Gasteiger partial charge >= 0.3 is 0 Å². The Labute approximate surface area is 137 Å². The molecule has 23 heavy (non-hydrogen) atoms. The van der Waals surface area contributed by atoms with Crippen LogP contribution in [0.25, 0.3) is 0 Å². The number of aromatic nitrogens is 5. The van der Waals surface area contributed by atoms with Gasteiger partial charge in [0.15, 0.2) is 5.82 Å². The van der Waals surface area contributed by atoms with Crippen molar-refractivity contribution in [3.8, 4) is 0 Å². The lowest BCUT2D eigenvalue weighted by atomic mass is 10.1. The zero-order valence-corrected chi connectivity index (χ0v) is 13.7. The number of pyridine rings is 1. The van der Waals surface area contributed by atoms with Crippen LogP contribution in [0.2, 0.25) is 0 Å². The van der Waals surface area contributed by atoms with Crippen LogP contribution in [0.15, 0.2) is 24.5 Å². The summed E-state index contributed by atoms with van der Waals surface area (Å²) in [6.45, 7) is 7.95. The van der Waals surface area contributed by atoms with Crippen LogP contribution in [-0.2, 0) is 19.6 Å². The van der Waals surface area contributed by atoms with E-state index in [1.165, 1.54) is 12.0 Å². The summed E-state index contributed by atoms with van der Waals surface area (Å²) in [5.74, 6) is 1.64. The molecule has 1 aliphatic rings. The predicted molar refractivity (Wildman–Crippen MR) is 87.4 cm³/mol. The summed E-state index contributed by atoms with van der Waals surface area (Å²) in [6, 6.07) is 4.12. The van der Waals surface area contributed by atoms with Crippen molar-refractivity contribution in [2.75, 3.05) is 19.6 Å². The average Bonchev–Trinajstić information content (AvgIpc) is 3.21. The molecule has 0 aromatic carbocycles. The van der Waals surface area contributed by atoms with Crippen LogP contribution in [0, 0.1) is 5.92 Å². The van der Waals surface area contributed by atoms with Gasteiger partial charge in [-0.2, -0.15) is 0 Å². The molecule has 7 heteroatoms. The van der Waals surface area contributed by atoms with Crippen LogP contribution in [0.4, 0.5) is 0 Å². The second kappa shape index (κ2) is 8.12.